The lowest BCUT2D eigenvalue weighted by molar-refractivity contribution is -0.129. The summed E-state index contributed by atoms with van der Waals surface area (Å²) >= 11 is 0. The molecule has 156 valence electrons. The van der Waals surface area contributed by atoms with Crippen molar-refractivity contribution in [3.63, 3.8) is 0 Å². The number of carbonyl (C=O) groups excluding carboxylic acids is 2. The van der Waals surface area contributed by atoms with E-state index < -0.39 is 6.04 Å². The van der Waals surface area contributed by atoms with Crippen molar-refractivity contribution in [1.82, 2.24) is 10.6 Å². The lowest BCUT2D eigenvalue weighted by Gasteiger charge is -2.20. The molecule has 6 heteroatoms. The van der Waals surface area contributed by atoms with E-state index in [1.54, 1.807) is 14.2 Å². The van der Waals surface area contributed by atoms with E-state index in [1.165, 1.54) is 0 Å². The van der Waals surface area contributed by atoms with Gasteiger partial charge in [-0.05, 0) is 49.9 Å². The number of nitrogens with one attached hydrogen (secondary N) is 2. The van der Waals surface area contributed by atoms with Gasteiger partial charge in [0.2, 0.25) is 11.8 Å². The standard InChI is InChI=1S/C23H30N2O4/c1-16(2)24-23(27)22(18-10-6-5-7-11-18)25-21(26)12-8-9-17-13-14-19(28-3)20(15-17)29-4/h5-7,10-11,13-16,22H,8-9,12H2,1-4H3,(H,24,27)(H,25,26). The Hall–Kier alpha value is -3.02. The summed E-state index contributed by atoms with van der Waals surface area (Å²) in [5.41, 5.74) is 1.83. The van der Waals surface area contributed by atoms with E-state index in [-0.39, 0.29) is 17.9 Å². The average Bonchev–Trinajstić information content (AvgIpc) is 2.71. The lowest BCUT2D eigenvalue weighted by Crippen LogP contribution is -2.42. The molecule has 0 heterocycles. The molecule has 2 rings (SSSR count). The van der Waals surface area contributed by atoms with Gasteiger partial charge in [-0.25, -0.2) is 0 Å². The van der Waals surface area contributed by atoms with Crippen LogP contribution in [0.25, 0.3) is 0 Å². The smallest absolute Gasteiger partial charge is 0.247 e. The van der Waals surface area contributed by atoms with Crippen LogP contribution in [0, 0.1) is 0 Å². The molecule has 0 saturated carbocycles. The predicted molar refractivity (Wildman–Crippen MR) is 113 cm³/mol. The van der Waals surface area contributed by atoms with Crippen LogP contribution in [0.5, 0.6) is 11.5 Å². The number of aryl methyl sites for hydroxylation is 1. The van der Waals surface area contributed by atoms with Gasteiger partial charge in [0.15, 0.2) is 11.5 Å². The zero-order chi connectivity index (χ0) is 21.2. The summed E-state index contributed by atoms with van der Waals surface area (Å²) in [5.74, 6) is 0.984. The fourth-order valence-corrected chi connectivity index (χ4v) is 3.04. The zero-order valence-electron chi connectivity index (χ0n) is 17.5. The van der Waals surface area contributed by atoms with Gasteiger partial charge < -0.3 is 20.1 Å². The normalized spacial score (nSPS) is 11.6. The molecule has 2 N–H and O–H groups in total. The van der Waals surface area contributed by atoms with Gasteiger partial charge in [0, 0.05) is 12.5 Å². The zero-order valence-corrected chi connectivity index (χ0v) is 17.5. The molecule has 1 atom stereocenters. The highest BCUT2D eigenvalue weighted by Crippen LogP contribution is 2.28. The number of amides is 2. The van der Waals surface area contributed by atoms with Gasteiger partial charge in [-0.15, -0.1) is 0 Å². The summed E-state index contributed by atoms with van der Waals surface area (Å²) < 4.78 is 10.6. The van der Waals surface area contributed by atoms with Crippen molar-refractivity contribution in [2.75, 3.05) is 14.2 Å². The van der Waals surface area contributed by atoms with Crippen LogP contribution in [0.4, 0.5) is 0 Å². The Morgan fingerprint density at radius 3 is 2.24 bits per heavy atom. The first-order valence-corrected chi connectivity index (χ1v) is 9.80. The second-order valence-corrected chi connectivity index (χ2v) is 7.12. The Morgan fingerprint density at radius 1 is 0.931 bits per heavy atom. The molecule has 0 aliphatic rings. The quantitative estimate of drug-likeness (QED) is 0.643. The van der Waals surface area contributed by atoms with Gasteiger partial charge in [-0.2, -0.15) is 0 Å². The largest absolute Gasteiger partial charge is 0.493 e. The van der Waals surface area contributed by atoms with Crippen molar-refractivity contribution in [3.8, 4) is 11.5 Å². The van der Waals surface area contributed by atoms with Crippen LogP contribution in [0.3, 0.4) is 0 Å². The van der Waals surface area contributed by atoms with E-state index in [0.717, 1.165) is 17.5 Å². The molecule has 2 amide bonds. The predicted octanol–water partition coefficient (Wildman–Crippen LogP) is 3.41. The second-order valence-electron chi connectivity index (χ2n) is 7.12. The molecule has 0 saturated heterocycles. The highest BCUT2D eigenvalue weighted by molar-refractivity contribution is 5.88. The van der Waals surface area contributed by atoms with Crippen LogP contribution >= 0.6 is 0 Å². The van der Waals surface area contributed by atoms with E-state index in [4.69, 9.17) is 9.47 Å². The van der Waals surface area contributed by atoms with Crippen molar-refractivity contribution in [3.05, 3.63) is 59.7 Å². The number of benzene rings is 2. The molecule has 0 aromatic heterocycles. The second kappa shape index (κ2) is 11.1. The molecule has 0 aliphatic carbocycles. The van der Waals surface area contributed by atoms with Gasteiger partial charge in [0.25, 0.3) is 0 Å². The fraction of sp³-hybridized carbons (Fsp3) is 0.391. The summed E-state index contributed by atoms with van der Waals surface area (Å²) in [6.07, 6.45) is 1.71. The SMILES string of the molecule is COc1ccc(CCCC(=O)NC(C(=O)NC(C)C)c2ccccc2)cc1OC. The Kier molecular flexibility index (Phi) is 8.52. The van der Waals surface area contributed by atoms with Crippen LogP contribution in [0.2, 0.25) is 0 Å². The number of ether oxygens (including phenoxy) is 2. The minimum Gasteiger partial charge on any atom is -0.493 e. The number of carbonyl (C=O) groups is 2. The number of rotatable bonds is 10. The van der Waals surface area contributed by atoms with Crippen LogP contribution < -0.4 is 20.1 Å². The summed E-state index contributed by atoms with van der Waals surface area (Å²) in [5, 5.41) is 5.74. The maximum Gasteiger partial charge on any atom is 0.247 e. The topological polar surface area (TPSA) is 76.7 Å². The minimum atomic E-state index is -0.702. The highest BCUT2D eigenvalue weighted by atomic mass is 16.5. The molecule has 1 unspecified atom stereocenters. The van der Waals surface area contributed by atoms with E-state index >= 15 is 0 Å². The van der Waals surface area contributed by atoms with Gasteiger partial charge in [-0.1, -0.05) is 36.4 Å². The van der Waals surface area contributed by atoms with Gasteiger partial charge in [0.1, 0.15) is 6.04 Å². The third kappa shape index (κ3) is 6.82. The molecule has 0 bridgehead atoms. The van der Waals surface area contributed by atoms with Gasteiger partial charge in [-0.3, -0.25) is 9.59 Å². The van der Waals surface area contributed by atoms with Gasteiger partial charge in [0.05, 0.1) is 14.2 Å². The van der Waals surface area contributed by atoms with E-state index in [9.17, 15) is 9.59 Å². The average molecular weight is 399 g/mol. The van der Waals surface area contributed by atoms with Crippen LogP contribution in [0.1, 0.15) is 43.9 Å². The molecular weight excluding hydrogens is 368 g/mol. The van der Waals surface area contributed by atoms with Crippen molar-refractivity contribution >= 4 is 11.8 Å². The van der Waals surface area contributed by atoms with Crippen LogP contribution in [-0.4, -0.2) is 32.1 Å². The van der Waals surface area contributed by atoms with Crippen LogP contribution in [-0.2, 0) is 16.0 Å². The monoisotopic (exact) mass is 398 g/mol. The van der Waals surface area contributed by atoms with Crippen molar-refractivity contribution < 1.29 is 19.1 Å². The molecule has 2 aromatic rings. The summed E-state index contributed by atoms with van der Waals surface area (Å²) in [6, 6.07) is 14.3. The highest BCUT2D eigenvalue weighted by Gasteiger charge is 2.22. The Labute approximate surface area is 172 Å². The van der Waals surface area contributed by atoms with Crippen LogP contribution in [0.15, 0.2) is 48.5 Å². The first-order chi connectivity index (χ1) is 13.9. The third-order valence-electron chi connectivity index (χ3n) is 4.45. The number of hydrogen-bond donors (Lipinski definition) is 2. The summed E-state index contributed by atoms with van der Waals surface area (Å²) in [4.78, 5) is 25.1. The van der Waals surface area contributed by atoms with E-state index in [1.807, 2.05) is 62.4 Å². The molecule has 0 fully saturated rings. The molecule has 6 nitrogen and oxygen atoms in total. The molecule has 29 heavy (non-hydrogen) atoms. The Morgan fingerprint density at radius 2 is 1.62 bits per heavy atom. The van der Waals surface area contributed by atoms with Gasteiger partial charge >= 0.3 is 0 Å². The Balaban J connectivity index is 1.95. The minimum absolute atomic E-state index is 0.00401. The van der Waals surface area contributed by atoms with Crippen molar-refractivity contribution in [2.45, 2.75) is 45.2 Å². The number of hydrogen-bond acceptors (Lipinski definition) is 4. The summed E-state index contributed by atoms with van der Waals surface area (Å²) in [6.45, 7) is 3.79. The first kappa shape index (κ1) is 22.3. The van der Waals surface area contributed by atoms with Crippen molar-refractivity contribution in [2.24, 2.45) is 0 Å². The first-order valence-electron chi connectivity index (χ1n) is 9.80. The maximum atomic E-state index is 12.6. The molecule has 0 spiro atoms. The van der Waals surface area contributed by atoms with E-state index in [2.05, 4.69) is 10.6 Å². The van der Waals surface area contributed by atoms with E-state index in [0.29, 0.717) is 24.3 Å². The third-order valence-corrected chi connectivity index (χ3v) is 4.45. The maximum absolute atomic E-state index is 12.6. The molecular formula is C23H30N2O4. The van der Waals surface area contributed by atoms with Crippen molar-refractivity contribution in [1.29, 1.82) is 0 Å². The lowest BCUT2D eigenvalue weighted by atomic mass is 10.0. The Bertz CT molecular complexity index is 806. The fourth-order valence-electron chi connectivity index (χ4n) is 3.04. The molecule has 0 aliphatic heterocycles. The number of methoxy groups -OCH3 is 2. The summed E-state index contributed by atoms with van der Waals surface area (Å²) in [7, 11) is 3.20. The molecule has 0 radical (unpaired) electrons. The molecule has 2 aromatic carbocycles.